The molecule has 0 N–H and O–H groups in total. The van der Waals surface area contributed by atoms with Gasteiger partial charge >= 0.3 is 0 Å². The first-order chi connectivity index (χ1) is 19.5. The number of para-hydroxylation sites is 1. The van der Waals surface area contributed by atoms with Crippen LogP contribution in [0.4, 0.5) is 4.39 Å². The van der Waals surface area contributed by atoms with Crippen LogP contribution in [0.25, 0.3) is 0 Å². The lowest BCUT2D eigenvalue weighted by atomic mass is 9.94. The Balaban J connectivity index is 1.48. The van der Waals surface area contributed by atoms with Gasteiger partial charge in [-0.05, 0) is 61.2 Å². The van der Waals surface area contributed by atoms with E-state index in [0.717, 1.165) is 36.9 Å². The molecule has 1 heterocycles. The summed E-state index contributed by atoms with van der Waals surface area (Å²) in [6.07, 6.45) is 7.89. The maximum absolute atomic E-state index is 13.9. The molecule has 7 nitrogen and oxygen atoms in total. The molecule has 1 fully saturated rings. The number of hydrogen-bond donors (Lipinski definition) is 0. The normalized spacial score (nSPS) is 13.7. The van der Waals surface area contributed by atoms with E-state index in [1.807, 2.05) is 41.4 Å². The zero-order chi connectivity index (χ0) is 28.2. The first-order valence-electron chi connectivity index (χ1n) is 14.2. The van der Waals surface area contributed by atoms with Gasteiger partial charge in [-0.2, -0.15) is 0 Å². The van der Waals surface area contributed by atoms with Crippen LogP contribution < -0.4 is 4.74 Å². The molecule has 3 aromatic rings. The van der Waals surface area contributed by atoms with Crippen LogP contribution in [0.3, 0.4) is 0 Å². The lowest BCUT2D eigenvalue weighted by molar-refractivity contribution is -0.144. The number of carbonyl (C=O) groups is 2. The summed E-state index contributed by atoms with van der Waals surface area (Å²) in [6.45, 7) is 1.83. The summed E-state index contributed by atoms with van der Waals surface area (Å²) in [5.41, 5.74) is 2.00. The van der Waals surface area contributed by atoms with E-state index in [1.165, 1.54) is 18.6 Å². The van der Waals surface area contributed by atoms with Crippen LogP contribution in [0, 0.1) is 5.82 Å². The number of hydrogen-bond acceptors (Lipinski definition) is 4. The highest BCUT2D eigenvalue weighted by molar-refractivity contribution is 5.85. The summed E-state index contributed by atoms with van der Waals surface area (Å²) in [4.78, 5) is 30.7. The number of carbonyl (C=O) groups excluding carboxylic acids is 2. The van der Waals surface area contributed by atoms with Crippen molar-refractivity contribution in [2.45, 2.75) is 57.7 Å². The summed E-state index contributed by atoms with van der Waals surface area (Å²) in [5.74, 6) is 0.0672. The average Bonchev–Trinajstić information content (AvgIpc) is 3.42. The molecule has 0 saturated heterocycles. The van der Waals surface area contributed by atoms with Crippen LogP contribution in [-0.4, -0.2) is 65.6 Å². The predicted molar refractivity (Wildman–Crippen MR) is 152 cm³/mol. The van der Waals surface area contributed by atoms with E-state index in [2.05, 4.69) is 4.57 Å². The van der Waals surface area contributed by atoms with Gasteiger partial charge in [0.05, 0.1) is 13.1 Å². The van der Waals surface area contributed by atoms with Crippen molar-refractivity contribution in [3.63, 3.8) is 0 Å². The lowest BCUT2D eigenvalue weighted by Crippen LogP contribution is -2.48. The molecule has 2 aromatic carbocycles. The van der Waals surface area contributed by atoms with Crippen LogP contribution >= 0.6 is 0 Å². The van der Waals surface area contributed by atoms with Gasteiger partial charge in [0.15, 0.2) is 6.61 Å². The molecular formula is C32H40FN3O4. The molecular weight excluding hydrogens is 509 g/mol. The Morgan fingerprint density at radius 1 is 0.950 bits per heavy atom. The van der Waals surface area contributed by atoms with E-state index in [1.54, 1.807) is 36.3 Å². The minimum absolute atomic E-state index is 0.00410. The Labute approximate surface area is 236 Å². The number of benzene rings is 2. The van der Waals surface area contributed by atoms with Crippen LogP contribution in [-0.2, 0) is 27.4 Å². The van der Waals surface area contributed by atoms with Crippen LogP contribution in [0.2, 0.25) is 0 Å². The van der Waals surface area contributed by atoms with E-state index in [4.69, 9.17) is 9.47 Å². The van der Waals surface area contributed by atoms with Gasteiger partial charge in [-0.15, -0.1) is 0 Å². The van der Waals surface area contributed by atoms with E-state index in [-0.39, 0.29) is 36.8 Å². The molecule has 1 aliphatic carbocycles. The number of halogens is 1. The van der Waals surface area contributed by atoms with Crippen molar-refractivity contribution in [1.82, 2.24) is 14.4 Å². The molecule has 2 amide bonds. The second kappa shape index (κ2) is 15.2. The summed E-state index contributed by atoms with van der Waals surface area (Å²) < 4.78 is 26.4. The summed E-state index contributed by atoms with van der Waals surface area (Å²) in [5, 5.41) is 0. The topological polar surface area (TPSA) is 64.0 Å². The molecule has 8 heteroatoms. The van der Waals surface area contributed by atoms with Crippen molar-refractivity contribution in [1.29, 1.82) is 0 Å². The zero-order valence-electron chi connectivity index (χ0n) is 23.3. The van der Waals surface area contributed by atoms with Gasteiger partial charge in [0, 0.05) is 44.7 Å². The minimum atomic E-state index is -0.260. The number of nitrogens with zero attached hydrogens (tertiary/aromatic N) is 3. The zero-order valence-corrected chi connectivity index (χ0v) is 23.3. The Morgan fingerprint density at radius 3 is 2.42 bits per heavy atom. The maximum Gasteiger partial charge on any atom is 0.260 e. The van der Waals surface area contributed by atoms with Crippen molar-refractivity contribution in [2.75, 3.05) is 33.4 Å². The van der Waals surface area contributed by atoms with Gasteiger partial charge in [0.1, 0.15) is 11.6 Å². The minimum Gasteiger partial charge on any atom is -0.484 e. The van der Waals surface area contributed by atoms with Gasteiger partial charge in [0.2, 0.25) is 5.91 Å². The number of rotatable bonds is 14. The fourth-order valence-electron chi connectivity index (χ4n) is 5.22. The molecule has 214 valence electrons. The van der Waals surface area contributed by atoms with Gasteiger partial charge in [-0.3, -0.25) is 9.59 Å². The summed E-state index contributed by atoms with van der Waals surface area (Å²) in [6, 6.07) is 19.8. The number of amides is 2. The Bertz CT molecular complexity index is 1190. The van der Waals surface area contributed by atoms with Gasteiger partial charge < -0.3 is 23.8 Å². The third-order valence-electron chi connectivity index (χ3n) is 7.42. The first kappa shape index (κ1) is 29.3. The predicted octanol–water partition coefficient (Wildman–Crippen LogP) is 5.28. The summed E-state index contributed by atoms with van der Waals surface area (Å²) in [7, 11) is 1.63. The summed E-state index contributed by atoms with van der Waals surface area (Å²) >= 11 is 0. The van der Waals surface area contributed by atoms with Crippen molar-refractivity contribution < 1.29 is 23.5 Å². The third kappa shape index (κ3) is 8.68. The fraction of sp³-hybridized carbons (Fsp3) is 0.438. The third-order valence-corrected chi connectivity index (χ3v) is 7.42. The lowest BCUT2D eigenvalue weighted by Gasteiger charge is -2.36. The van der Waals surface area contributed by atoms with E-state index in [0.29, 0.717) is 38.4 Å². The molecule has 1 aliphatic rings. The van der Waals surface area contributed by atoms with Crippen molar-refractivity contribution >= 4 is 11.8 Å². The molecule has 1 saturated carbocycles. The second-order valence-electron chi connectivity index (χ2n) is 10.3. The van der Waals surface area contributed by atoms with Gasteiger partial charge in [-0.25, -0.2) is 4.39 Å². The Hall–Kier alpha value is -3.65. The first-order valence-corrected chi connectivity index (χ1v) is 14.2. The SMILES string of the molecule is COCCCN(CC(=O)N(Cc1cccn1Cc1ccc(F)cc1)C1CCCCC1)C(=O)COc1ccccc1. The Kier molecular flexibility index (Phi) is 11.2. The quantitative estimate of drug-likeness (QED) is 0.257. The fourth-order valence-corrected chi connectivity index (χ4v) is 5.22. The monoisotopic (exact) mass is 549 g/mol. The molecule has 40 heavy (non-hydrogen) atoms. The highest BCUT2D eigenvalue weighted by Gasteiger charge is 2.29. The van der Waals surface area contributed by atoms with Crippen molar-refractivity contribution in [3.8, 4) is 5.75 Å². The largest absolute Gasteiger partial charge is 0.484 e. The van der Waals surface area contributed by atoms with E-state index in [9.17, 15) is 14.0 Å². The van der Waals surface area contributed by atoms with E-state index < -0.39 is 0 Å². The van der Waals surface area contributed by atoms with Crippen LogP contribution in [0.5, 0.6) is 5.75 Å². The molecule has 0 atom stereocenters. The van der Waals surface area contributed by atoms with Crippen LogP contribution in [0.1, 0.15) is 49.8 Å². The van der Waals surface area contributed by atoms with Gasteiger partial charge in [0.25, 0.3) is 5.91 Å². The van der Waals surface area contributed by atoms with Crippen molar-refractivity contribution in [2.24, 2.45) is 0 Å². The maximum atomic E-state index is 13.9. The highest BCUT2D eigenvalue weighted by atomic mass is 19.1. The Morgan fingerprint density at radius 2 is 1.70 bits per heavy atom. The molecule has 1 aromatic heterocycles. The molecule has 0 radical (unpaired) electrons. The molecule has 0 bridgehead atoms. The molecule has 0 aliphatic heterocycles. The van der Waals surface area contributed by atoms with E-state index >= 15 is 0 Å². The molecule has 0 spiro atoms. The van der Waals surface area contributed by atoms with Crippen LogP contribution in [0.15, 0.2) is 72.9 Å². The number of methoxy groups -OCH3 is 1. The second-order valence-corrected chi connectivity index (χ2v) is 10.3. The number of ether oxygens (including phenoxy) is 2. The average molecular weight is 550 g/mol. The van der Waals surface area contributed by atoms with Crippen molar-refractivity contribution in [3.05, 3.63) is 90.0 Å². The highest BCUT2D eigenvalue weighted by Crippen LogP contribution is 2.25. The molecule has 0 unspecified atom stereocenters. The number of aromatic nitrogens is 1. The smallest absolute Gasteiger partial charge is 0.260 e. The standard InChI is InChI=1S/C32H40FN3O4/c1-39-21-9-20-35(32(38)25-40-30-13-6-3-7-14-30)24-31(37)36(28-10-4-2-5-11-28)23-29-12-8-19-34(29)22-26-15-17-27(33)18-16-26/h3,6-8,12-19,28H,2,4-5,9-11,20-25H2,1H3. The molecule has 4 rings (SSSR count). The van der Waals surface area contributed by atoms with Gasteiger partial charge in [-0.1, -0.05) is 49.6 Å².